The highest BCUT2D eigenvalue weighted by molar-refractivity contribution is 14.0. The molecule has 0 spiro atoms. The predicted octanol–water partition coefficient (Wildman–Crippen LogP) is 3.41. The highest BCUT2D eigenvalue weighted by atomic mass is 127. The van der Waals surface area contributed by atoms with E-state index in [9.17, 15) is 4.39 Å². The number of rotatable bonds is 9. The van der Waals surface area contributed by atoms with Gasteiger partial charge in [-0.1, -0.05) is 24.3 Å². The standard InChI is InChI=1S/C20H27FN4O.HI/c1-22-20(24-12-11-16-3-7-18(21)8-4-16)25-15-17-5-9-19(10-6-17)23-13-14-26-2;/h3-10,23H,11-15H2,1-2H3,(H2,22,24,25);1H. The molecule has 0 aromatic heterocycles. The van der Waals surface area contributed by atoms with Crippen molar-refractivity contribution in [1.29, 1.82) is 0 Å². The summed E-state index contributed by atoms with van der Waals surface area (Å²) in [5, 5.41) is 9.85. The summed E-state index contributed by atoms with van der Waals surface area (Å²) in [7, 11) is 3.44. The minimum absolute atomic E-state index is 0. The second-order valence-corrected chi connectivity index (χ2v) is 5.85. The van der Waals surface area contributed by atoms with Crippen molar-refractivity contribution in [1.82, 2.24) is 10.6 Å². The molecule has 2 aromatic rings. The van der Waals surface area contributed by atoms with Crippen molar-refractivity contribution in [3.63, 3.8) is 0 Å². The summed E-state index contributed by atoms with van der Waals surface area (Å²) in [4.78, 5) is 4.22. The molecule has 0 aliphatic heterocycles. The molecular formula is C20H28FIN4O. The van der Waals surface area contributed by atoms with Crippen LogP contribution in [0.4, 0.5) is 10.1 Å². The van der Waals surface area contributed by atoms with Crippen LogP contribution in [0.25, 0.3) is 0 Å². The number of halogens is 2. The molecule has 0 aliphatic carbocycles. The maximum absolute atomic E-state index is 12.9. The summed E-state index contributed by atoms with van der Waals surface area (Å²) >= 11 is 0. The van der Waals surface area contributed by atoms with Crippen LogP contribution in [0.15, 0.2) is 53.5 Å². The number of ether oxygens (including phenoxy) is 1. The van der Waals surface area contributed by atoms with Crippen LogP contribution in [0, 0.1) is 5.82 Å². The first-order valence-corrected chi connectivity index (χ1v) is 8.72. The average molecular weight is 486 g/mol. The normalized spacial score (nSPS) is 10.9. The second kappa shape index (κ2) is 13.3. The van der Waals surface area contributed by atoms with Gasteiger partial charge in [0, 0.05) is 39.5 Å². The molecule has 3 N–H and O–H groups in total. The molecular weight excluding hydrogens is 458 g/mol. The Hall–Kier alpha value is -1.87. The van der Waals surface area contributed by atoms with Crippen LogP contribution in [0.5, 0.6) is 0 Å². The number of anilines is 1. The van der Waals surface area contributed by atoms with Gasteiger partial charge in [-0.25, -0.2) is 4.39 Å². The molecule has 0 saturated heterocycles. The zero-order valence-corrected chi connectivity index (χ0v) is 18.1. The fraction of sp³-hybridized carbons (Fsp3) is 0.350. The lowest BCUT2D eigenvalue weighted by Gasteiger charge is -2.12. The molecule has 0 saturated carbocycles. The van der Waals surface area contributed by atoms with E-state index in [1.807, 2.05) is 0 Å². The van der Waals surface area contributed by atoms with Gasteiger partial charge in [-0.3, -0.25) is 4.99 Å². The molecule has 0 aliphatic rings. The maximum Gasteiger partial charge on any atom is 0.191 e. The minimum Gasteiger partial charge on any atom is -0.383 e. The number of hydrogen-bond acceptors (Lipinski definition) is 3. The van der Waals surface area contributed by atoms with Gasteiger partial charge in [0.1, 0.15) is 5.82 Å². The average Bonchev–Trinajstić information content (AvgIpc) is 2.67. The molecule has 0 fully saturated rings. The largest absolute Gasteiger partial charge is 0.383 e. The molecule has 148 valence electrons. The summed E-state index contributed by atoms with van der Waals surface area (Å²) in [5.41, 5.74) is 3.34. The summed E-state index contributed by atoms with van der Waals surface area (Å²) < 4.78 is 17.9. The van der Waals surface area contributed by atoms with E-state index in [1.165, 1.54) is 17.7 Å². The highest BCUT2D eigenvalue weighted by Gasteiger charge is 2.00. The van der Waals surface area contributed by atoms with Crippen molar-refractivity contribution in [2.24, 2.45) is 4.99 Å². The number of hydrogen-bond donors (Lipinski definition) is 3. The van der Waals surface area contributed by atoms with Crippen LogP contribution in [0.2, 0.25) is 0 Å². The lowest BCUT2D eigenvalue weighted by Crippen LogP contribution is -2.37. The Kier molecular flexibility index (Phi) is 11.4. The lowest BCUT2D eigenvalue weighted by molar-refractivity contribution is 0.211. The van der Waals surface area contributed by atoms with Crippen molar-refractivity contribution >= 4 is 35.6 Å². The highest BCUT2D eigenvalue weighted by Crippen LogP contribution is 2.09. The van der Waals surface area contributed by atoms with Gasteiger partial charge >= 0.3 is 0 Å². The first-order chi connectivity index (χ1) is 12.7. The molecule has 2 aromatic carbocycles. The van der Waals surface area contributed by atoms with Gasteiger partial charge in [0.05, 0.1) is 6.61 Å². The van der Waals surface area contributed by atoms with E-state index < -0.39 is 0 Å². The van der Waals surface area contributed by atoms with Crippen molar-refractivity contribution in [3.8, 4) is 0 Å². The van der Waals surface area contributed by atoms with Crippen LogP contribution in [0.1, 0.15) is 11.1 Å². The third kappa shape index (κ3) is 9.05. The maximum atomic E-state index is 12.9. The zero-order chi connectivity index (χ0) is 18.6. The van der Waals surface area contributed by atoms with Crippen LogP contribution < -0.4 is 16.0 Å². The lowest BCUT2D eigenvalue weighted by atomic mass is 10.1. The van der Waals surface area contributed by atoms with Crippen molar-refractivity contribution in [2.75, 3.05) is 39.2 Å². The van der Waals surface area contributed by atoms with Crippen molar-refractivity contribution < 1.29 is 9.13 Å². The van der Waals surface area contributed by atoms with Crippen LogP contribution in [0.3, 0.4) is 0 Å². The van der Waals surface area contributed by atoms with Gasteiger partial charge in [-0.05, 0) is 41.8 Å². The van der Waals surface area contributed by atoms with Gasteiger partial charge in [0.2, 0.25) is 0 Å². The van der Waals surface area contributed by atoms with Crippen LogP contribution in [-0.4, -0.2) is 39.8 Å². The Balaban J connectivity index is 0.00000364. The topological polar surface area (TPSA) is 57.7 Å². The Labute approximate surface area is 177 Å². The third-order valence-corrected chi connectivity index (χ3v) is 3.89. The van der Waals surface area contributed by atoms with Gasteiger partial charge in [0.25, 0.3) is 0 Å². The monoisotopic (exact) mass is 486 g/mol. The molecule has 0 atom stereocenters. The molecule has 5 nitrogen and oxygen atoms in total. The van der Waals surface area contributed by atoms with Gasteiger partial charge < -0.3 is 20.7 Å². The Morgan fingerprint density at radius 3 is 2.26 bits per heavy atom. The summed E-state index contributed by atoms with van der Waals surface area (Å²) in [6.45, 7) is 2.89. The van der Waals surface area contributed by atoms with E-state index in [4.69, 9.17) is 4.74 Å². The molecule has 27 heavy (non-hydrogen) atoms. The minimum atomic E-state index is -0.209. The van der Waals surface area contributed by atoms with Gasteiger partial charge in [0.15, 0.2) is 5.96 Å². The van der Waals surface area contributed by atoms with Gasteiger partial charge in [-0.2, -0.15) is 0 Å². The summed E-state index contributed by atoms with van der Waals surface area (Å²) in [6, 6.07) is 14.8. The number of nitrogens with zero attached hydrogens (tertiary/aromatic N) is 1. The zero-order valence-electron chi connectivity index (χ0n) is 15.8. The SMILES string of the molecule is CN=C(NCCc1ccc(F)cc1)NCc1ccc(NCCOC)cc1.I. The first kappa shape index (κ1) is 23.2. The van der Waals surface area contributed by atoms with E-state index in [-0.39, 0.29) is 29.8 Å². The molecule has 0 amide bonds. The molecule has 0 radical (unpaired) electrons. The van der Waals surface area contributed by atoms with Crippen molar-refractivity contribution in [3.05, 3.63) is 65.5 Å². The smallest absolute Gasteiger partial charge is 0.191 e. The number of benzene rings is 2. The fourth-order valence-electron chi connectivity index (χ4n) is 2.42. The molecule has 0 unspecified atom stereocenters. The van der Waals surface area contributed by atoms with Crippen LogP contribution >= 0.6 is 24.0 Å². The van der Waals surface area contributed by atoms with E-state index in [0.29, 0.717) is 13.2 Å². The molecule has 0 heterocycles. The molecule has 7 heteroatoms. The Bertz CT molecular complexity index is 677. The van der Waals surface area contributed by atoms with Crippen LogP contribution in [-0.2, 0) is 17.7 Å². The Morgan fingerprint density at radius 2 is 1.63 bits per heavy atom. The number of aliphatic imine (C=N–C) groups is 1. The Morgan fingerprint density at radius 1 is 0.963 bits per heavy atom. The number of methoxy groups -OCH3 is 1. The molecule has 2 rings (SSSR count). The van der Waals surface area contributed by atoms with E-state index in [0.717, 1.165) is 36.7 Å². The number of nitrogens with one attached hydrogen (secondary N) is 3. The second-order valence-electron chi connectivity index (χ2n) is 5.85. The summed E-state index contributed by atoms with van der Waals surface area (Å²) in [6.07, 6.45) is 0.808. The quantitative estimate of drug-likeness (QED) is 0.220. The van der Waals surface area contributed by atoms with E-state index >= 15 is 0 Å². The number of guanidine groups is 1. The molecule has 0 bridgehead atoms. The van der Waals surface area contributed by atoms with E-state index in [2.05, 4.69) is 45.2 Å². The van der Waals surface area contributed by atoms with Gasteiger partial charge in [-0.15, -0.1) is 24.0 Å². The third-order valence-electron chi connectivity index (χ3n) is 3.89. The predicted molar refractivity (Wildman–Crippen MR) is 121 cm³/mol. The van der Waals surface area contributed by atoms with Crippen molar-refractivity contribution in [2.45, 2.75) is 13.0 Å². The first-order valence-electron chi connectivity index (χ1n) is 8.72. The fourth-order valence-corrected chi connectivity index (χ4v) is 2.42. The van der Waals surface area contributed by atoms with E-state index in [1.54, 1.807) is 26.3 Å². The summed E-state index contributed by atoms with van der Waals surface area (Å²) in [5.74, 6) is 0.536.